The third-order valence-electron chi connectivity index (χ3n) is 6.54. The minimum absolute atomic E-state index is 0.0179. The number of rotatable bonds is 4. The summed E-state index contributed by atoms with van der Waals surface area (Å²) in [5.74, 6) is -3.17. The lowest BCUT2D eigenvalue weighted by atomic mass is 9.81. The molecule has 0 aliphatic carbocycles. The number of hydrogen-bond acceptors (Lipinski definition) is 6. The van der Waals surface area contributed by atoms with Crippen LogP contribution < -0.4 is 5.32 Å². The maximum atomic E-state index is 13.0. The van der Waals surface area contributed by atoms with Crippen molar-refractivity contribution in [3.05, 3.63) is 35.4 Å². The number of likely N-dealkylation sites (tertiary alicyclic amines) is 1. The van der Waals surface area contributed by atoms with E-state index < -0.39 is 35.3 Å². The molecule has 0 radical (unpaired) electrons. The number of esters is 1. The molecular formula is C23H31N3O5. The van der Waals surface area contributed by atoms with Gasteiger partial charge in [-0.15, -0.1) is 0 Å². The summed E-state index contributed by atoms with van der Waals surface area (Å²) in [5, 5.41) is 3.13. The Hall–Kier alpha value is -2.74. The molecule has 0 aromatic heterocycles. The van der Waals surface area contributed by atoms with Crippen LogP contribution in [-0.4, -0.2) is 72.8 Å². The molecule has 0 unspecified atom stereocenters. The van der Waals surface area contributed by atoms with Crippen molar-refractivity contribution in [1.82, 2.24) is 15.1 Å². The first-order valence-corrected chi connectivity index (χ1v) is 10.4. The predicted octanol–water partition coefficient (Wildman–Crippen LogP) is 1.19. The van der Waals surface area contributed by atoms with Gasteiger partial charge in [-0.25, -0.2) is 0 Å². The largest absolute Gasteiger partial charge is 0.468 e. The van der Waals surface area contributed by atoms with Gasteiger partial charge in [0.05, 0.1) is 18.9 Å². The number of methoxy groups -OCH3 is 1. The number of nitrogens with one attached hydrogen (secondary N) is 1. The summed E-state index contributed by atoms with van der Waals surface area (Å²) in [6, 6.07) is 6.90. The number of nitrogens with zero attached hydrogens (tertiary/aromatic N) is 2. The highest BCUT2D eigenvalue weighted by Crippen LogP contribution is 2.43. The van der Waals surface area contributed by atoms with E-state index >= 15 is 0 Å². The number of imide groups is 1. The highest BCUT2D eigenvalue weighted by molar-refractivity contribution is 6.09. The van der Waals surface area contributed by atoms with Crippen LogP contribution in [0.2, 0.25) is 0 Å². The van der Waals surface area contributed by atoms with Crippen molar-refractivity contribution in [2.24, 2.45) is 11.8 Å². The number of carbonyl (C=O) groups is 4. The van der Waals surface area contributed by atoms with Gasteiger partial charge in [-0.2, -0.15) is 0 Å². The Morgan fingerprint density at radius 3 is 2.26 bits per heavy atom. The van der Waals surface area contributed by atoms with E-state index in [1.807, 2.05) is 12.1 Å². The number of ether oxygens (including phenoxy) is 1. The molecule has 2 saturated heterocycles. The van der Waals surface area contributed by atoms with Gasteiger partial charge >= 0.3 is 5.97 Å². The van der Waals surface area contributed by atoms with E-state index in [4.69, 9.17) is 4.74 Å². The Kier molecular flexibility index (Phi) is 5.73. The topological polar surface area (TPSA) is 96.0 Å². The van der Waals surface area contributed by atoms with Gasteiger partial charge in [0, 0.05) is 32.2 Å². The van der Waals surface area contributed by atoms with Gasteiger partial charge in [-0.05, 0) is 30.0 Å². The molecule has 8 nitrogen and oxygen atoms in total. The molecule has 2 heterocycles. The summed E-state index contributed by atoms with van der Waals surface area (Å²) in [4.78, 5) is 53.5. The zero-order valence-electron chi connectivity index (χ0n) is 19.2. The number of fused-ring (bicyclic) bond motifs is 1. The summed E-state index contributed by atoms with van der Waals surface area (Å²) in [6.07, 6.45) is 0. The zero-order chi connectivity index (χ0) is 23.3. The van der Waals surface area contributed by atoms with E-state index in [0.29, 0.717) is 5.56 Å². The third kappa shape index (κ3) is 3.73. The second-order valence-corrected chi connectivity index (χ2v) is 9.70. The van der Waals surface area contributed by atoms with Crippen molar-refractivity contribution in [2.75, 3.05) is 27.7 Å². The fraction of sp³-hybridized carbons (Fsp3) is 0.565. The molecule has 2 aliphatic rings. The first kappa shape index (κ1) is 22.9. The van der Waals surface area contributed by atoms with E-state index in [-0.39, 0.29) is 23.8 Å². The molecule has 31 heavy (non-hydrogen) atoms. The number of amides is 3. The summed E-state index contributed by atoms with van der Waals surface area (Å²) < 4.78 is 4.91. The van der Waals surface area contributed by atoms with Crippen molar-refractivity contribution in [1.29, 1.82) is 0 Å². The minimum Gasteiger partial charge on any atom is -0.468 e. The van der Waals surface area contributed by atoms with Gasteiger partial charge in [-0.1, -0.05) is 32.9 Å². The minimum atomic E-state index is -1.33. The van der Waals surface area contributed by atoms with E-state index in [9.17, 15) is 19.2 Å². The van der Waals surface area contributed by atoms with E-state index in [2.05, 4.69) is 26.1 Å². The van der Waals surface area contributed by atoms with Crippen LogP contribution in [0.15, 0.2) is 24.3 Å². The number of carbonyl (C=O) groups excluding carboxylic acids is 4. The average Bonchev–Trinajstić information content (AvgIpc) is 3.14. The van der Waals surface area contributed by atoms with Crippen LogP contribution in [0.3, 0.4) is 0 Å². The fourth-order valence-electron chi connectivity index (χ4n) is 4.68. The maximum Gasteiger partial charge on any atom is 0.326 e. The number of likely N-dealkylation sites (N-methyl/N-ethyl adjacent to an activating group) is 1. The highest BCUT2D eigenvalue weighted by atomic mass is 16.5. The molecule has 1 aromatic carbocycles. The molecule has 3 amide bonds. The average molecular weight is 430 g/mol. The van der Waals surface area contributed by atoms with Crippen molar-refractivity contribution < 1.29 is 23.9 Å². The molecule has 4 atom stereocenters. The van der Waals surface area contributed by atoms with Gasteiger partial charge in [0.1, 0.15) is 5.54 Å². The van der Waals surface area contributed by atoms with E-state index in [0.717, 1.165) is 10.5 Å². The standard InChI is InChI=1S/C23H31N3O5/c1-22(2,3)14-10-8-13(9-11-14)18(27)25(5)12-15-16-17(20(29)26(6)19(16)28)23(4,24-15)21(30)31-7/h8-11,15-17,24H,12H2,1-7H3/t15-,16+,17-,23-/m1/s1. The summed E-state index contributed by atoms with van der Waals surface area (Å²) in [7, 11) is 4.32. The van der Waals surface area contributed by atoms with Crippen LogP contribution in [0.5, 0.6) is 0 Å². The fourth-order valence-corrected chi connectivity index (χ4v) is 4.68. The van der Waals surface area contributed by atoms with Crippen LogP contribution in [0.25, 0.3) is 0 Å². The first-order valence-electron chi connectivity index (χ1n) is 10.4. The summed E-state index contributed by atoms with van der Waals surface area (Å²) in [6.45, 7) is 8.06. The molecule has 1 N–H and O–H groups in total. The number of benzene rings is 1. The summed E-state index contributed by atoms with van der Waals surface area (Å²) in [5.41, 5.74) is 0.307. The van der Waals surface area contributed by atoms with Gasteiger partial charge in [0.25, 0.3) is 5.91 Å². The molecular weight excluding hydrogens is 398 g/mol. The molecule has 8 heteroatoms. The molecule has 168 valence electrons. The summed E-state index contributed by atoms with van der Waals surface area (Å²) >= 11 is 0. The second-order valence-electron chi connectivity index (χ2n) is 9.70. The normalized spacial score (nSPS) is 28.0. The number of hydrogen-bond donors (Lipinski definition) is 1. The Labute approximate surface area is 182 Å². The van der Waals surface area contributed by atoms with Crippen molar-refractivity contribution in [2.45, 2.75) is 44.7 Å². The molecule has 0 bridgehead atoms. The van der Waals surface area contributed by atoms with Crippen molar-refractivity contribution >= 4 is 23.7 Å². The third-order valence-corrected chi connectivity index (χ3v) is 6.54. The first-order chi connectivity index (χ1) is 14.3. The van der Waals surface area contributed by atoms with Gasteiger partial charge in [-0.3, -0.25) is 29.4 Å². The predicted molar refractivity (Wildman–Crippen MR) is 114 cm³/mol. The van der Waals surface area contributed by atoms with Crippen molar-refractivity contribution in [3.63, 3.8) is 0 Å². The lowest BCUT2D eigenvalue weighted by molar-refractivity contribution is -0.152. The van der Waals surface area contributed by atoms with E-state index in [1.165, 1.54) is 19.1 Å². The lowest BCUT2D eigenvalue weighted by Gasteiger charge is -2.29. The Bertz CT molecular complexity index is 920. The molecule has 0 saturated carbocycles. The van der Waals surface area contributed by atoms with Gasteiger partial charge in [0.15, 0.2) is 0 Å². The van der Waals surface area contributed by atoms with Crippen LogP contribution in [0, 0.1) is 11.8 Å². The Balaban J connectivity index is 1.82. The van der Waals surface area contributed by atoms with Crippen molar-refractivity contribution in [3.8, 4) is 0 Å². The zero-order valence-corrected chi connectivity index (χ0v) is 19.2. The smallest absolute Gasteiger partial charge is 0.326 e. The van der Waals surface area contributed by atoms with Crippen LogP contribution in [0.4, 0.5) is 0 Å². The van der Waals surface area contributed by atoms with E-state index in [1.54, 1.807) is 26.1 Å². The van der Waals surface area contributed by atoms with Crippen LogP contribution >= 0.6 is 0 Å². The van der Waals surface area contributed by atoms with Crippen LogP contribution in [0.1, 0.15) is 43.6 Å². The van der Waals surface area contributed by atoms with Crippen LogP contribution in [-0.2, 0) is 24.5 Å². The molecule has 2 fully saturated rings. The monoisotopic (exact) mass is 429 g/mol. The Morgan fingerprint density at radius 2 is 1.74 bits per heavy atom. The van der Waals surface area contributed by atoms with Gasteiger partial charge in [0.2, 0.25) is 11.8 Å². The molecule has 0 spiro atoms. The van der Waals surface area contributed by atoms with Gasteiger partial charge < -0.3 is 9.64 Å². The Morgan fingerprint density at radius 1 is 1.16 bits per heavy atom. The highest BCUT2D eigenvalue weighted by Gasteiger charge is 2.66. The maximum absolute atomic E-state index is 13.0. The molecule has 3 rings (SSSR count). The molecule has 2 aliphatic heterocycles. The second kappa shape index (κ2) is 7.75. The SMILES string of the molecule is COC(=O)[C@]1(C)N[C@H](CN(C)C(=O)c2ccc(C(C)(C)C)cc2)[C@@H]2C(=O)N(C)C(=O)[C@@H]21. The quantitative estimate of drug-likeness (QED) is 0.571. The lowest BCUT2D eigenvalue weighted by Crippen LogP contribution is -2.56. The molecule has 1 aromatic rings.